The topological polar surface area (TPSA) is 0 Å². The van der Waals surface area contributed by atoms with Crippen molar-refractivity contribution in [1.82, 2.24) is 0 Å². The first-order valence-corrected chi connectivity index (χ1v) is 9.96. The van der Waals surface area contributed by atoms with Crippen LogP contribution in [0.2, 0.25) is 0 Å². The molecule has 0 aliphatic heterocycles. The van der Waals surface area contributed by atoms with E-state index >= 15 is 0 Å². The van der Waals surface area contributed by atoms with Gasteiger partial charge in [0.1, 0.15) is 0 Å². The predicted octanol–water partition coefficient (Wildman–Crippen LogP) is 6.41. The van der Waals surface area contributed by atoms with Gasteiger partial charge in [0, 0.05) is 9.49 Å². The van der Waals surface area contributed by atoms with Gasteiger partial charge >= 0.3 is 0 Å². The molecule has 0 amide bonds. The van der Waals surface area contributed by atoms with E-state index in [-0.39, 0.29) is 9.49 Å². The Kier molecular flexibility index (Phi) is 6.05. The molecule has 0 saturated heterocycles. The summed E-state index contributed by atoms with van der Waals surface area (Å²) in [5.41, 5.74) is 2.84. The smallest absolute Gasteiger partial charge is 0.0247 e. The fourth-order valence-electron chi connectivity index (χ4n) is 2.46. The number of hydrogen-bond donors (Lipinski definition) is 0. The van der Waals surface area contributed by atoms with Gasteiger partial charge in [0.15, 0.2) is 0 Å². The summed E-state index contributed by atoms with van der Waals surface area (Å²) in [4.78, 5) is 0. The van der Waals surface area contributed by atoms with Crippen LogP contribution < -0.4 is 0 Å². The van der Waals surface area contributed by atoms with Crippen molar-refractivity contribution < 1.29 is 0 Å². The minimum Gasteiger partial charge on any atom is -0.0870 e. The molecule has 2 aromatic carbocycles. The van der Waals surface area contributed by atoms with Crippen molar-refractivity contribution in [1.29, 1.82) is 0 Å². The Labute approximate surface area is 143 Å². The van der Waals surface area contributed by atoms with Crippen LogP contribution in [0.1, 0.15) is 38.8 Å². The summed E-state index contributed by atoms with van der Waals surface area (Å²) in [7, 11) is 4.03. The number of benzene rings is 2. The zero-order chi connectivity index (χ0) is 16.1. The van der Waals surface area contributed by atoms with Gasteiger partial charge in [0.05, 0.1) is 0 Å². The Morgan fingerprint density at radius 3 is 1.23 bits per heavy atom. The third-order valence-corrected chi connectivity index (χ3v) is 7.67. The van der Waals surface area contributed by atoms with Crippen molar-refractivity contribution in [3.63, 3.8) is 0 Å². The maximum absolute atomic E-state index is 2.34. The van der Waals surface area contributed by atoms with Gasteiger partial charge in [0.25, 0.3) is 0 Å². The summed E-state index contributed by atoms with van der Waals surface area (Å²) in [6.45, 7) is 9.37. The first-order chi connectivity index (χ1) is 10.4. The van der Waals surface area contributed by atoms with Gasteiger partial charge in [-0.3, -0.25) is 0 Å². The lowest BCUT2D eigenvalue weighted by Gasteiger charge is -2.30. The molecule has 0 heterocycles. The maximum atomic E-state index is 2.34. The van der Waals surface area contributed by atoms with E-state index in [0.29, 0.717) is 0 Å². The van der Waals surface area contributed by atoms with Gasteiger partial charge in [-0.15, -0.1) is 0 Å². The van der Waals surface area contributed by atoms with E-state index in [4.69, 9.17) is 0 Å². The molecule has 0 nitrogen and oxygen atoms in total. The van der Waals surface area contributed by atoms with Crippen LogP contribution in [0.4, 0.5) is 0 Å². The summed E-state index contributed by atoms with van der Waals surface area (Å²) in [6, 6.07) is 21.6. The predicted molar refractivity (Wildman–Crippen MR) is 104 cm³/mol. The normalized spacial score (nSPS) is 12.4. The fourth-order valence-corrected chi connectivity index (χ4v) is 5.07. The average Bonchev–Trinajstić information content (AvgIpc) is 2.47. The molecule has 0 saturated carbocycles. The lowest BCUT2D eigenvalue weighted by molar-refractivity contribution is 0.704. The number of hydrogen-bond acceptors (Lipinski definition) is 2. The zero-order valence-electron chi connectivity index (χ0n) is 14.0. The van der Waals surface area contributed by atoms with Crippen LogP contribution in [0.15, 0.2) is 60.7 Å². The van der Waals surface area contributed by atoms with Crippen LogP contribution >= 0.6 is 21.6 Å². The largest absolute Gasteiger partial charge is 0.0870 e. The maximum Gasteiger partial charge on any atom is 0.0247 e. The summed E-state index contributed by atoms with van der Waals surface area (Å²) in [6.07, 6.45) is 2.21. The second-order valence-electron chi connectivity index (χ2n) is 7.01. The van der Waals surface area contributed by atoms with Gasteiger partial charge in [-0.2, -0.15) is 0 Å². The van der Waals surface area contributed by atoms with E-state index < -0.39 is 0 Å². The SMILES string of the molecule is CC(C)(Cc1ccccc1)SSC(C)(C)Cc1ccccc1. The van der Waals surface area contributed by atoms with Gasteiger partial charge in [-0.25, -0.2) is 0 Å². The van der Waals surface area contributed by atoms with Crippen LogP contribution in [0.5, 0.6) is 0 Å². The van der Waals surface area contributed by atoms with E-state index in [2.05, 4.69) is 88.4 Å². The van der Waals surface area contributed by atoms with Gasteiger partial charge in [-0.1, -0.05) is 82.3 Å². The van der Waals surface area contributed by atoms with Crippen molar-refractivity contribution in [2.24, 2.45) is 0 Å². The molecule has 0 unspecified atom stereocenters. The minimum absolute atomic E-state index is 0.236. The molecule has 0 bridgehead atoms. The summed E-state index contributed by atoms with van der Waals surface area (Å²) in [5, 5.41) is 0. The first-order valence-electron chi connectivity index (χ1n) is 7.81. The Morgan fingerprint density at radius 2 is 0.909 bits per heavy atom. The van der Waals surface area contributed by atoms with Crippen molar-refractivity contribution in [2.75, 3.05) is 0 Å². The van der Waals surface area contributed by atoms with Gasteiger partial charge < -0.3 is 0 Å². The molecule has 2 aromatic rings. The minimum atomic E-state index is 0.236. The van der Waals surface area contributed by atoms with Crippen molar-refractivity contribution >= 4 is 21.6 Å². The summed E-state index contributed by atoms with van der Waals surface area (Å²) in [5.74, 6) is 0. The Balaban J connectivity index is 1.89. The van der Waals surface area contributed by atoms with E-state index in [0.717, 1.165) is 12.8 Å². The van der Waals surface area contributed by atoms with Gasteiger partial charge in [0.2, 0.25) is 0 Å². The average molecular weight is 331 g/mol. The molecule has 0 aliphatic rings. The Hall–Kier alpha value is -0.860. The molecular formula is C20H26S2. The number of rotatable bonds is 7. The third-order valence-electron chi connectivity index (χ3n) is 3.44. The Bertz CT molecular complexity index is 505. The molecular weight excluding hydrogens is 304 g/mol. The molecule has 2 heteroatoms. The lowest BCUT2D eigenvalue weighted by atomic mass is 10.0. The van der Waals surface area contributed by atoms with Crippen molar-refractivity contribution in [3.8, 4) is 0 Å². The van der Waals surface area contributed by atoms with E-state index in [1.54, 1.807) is 0 Å². The first kappa shape index (κ1) is 17.5. The third kappa shape index (κ3) is 6.10. The van der Waals surface area contributed by atoms with Gasteiger partial charge in [-0.05, 0) is 51.7 Å². The molecule has 2 rings (SSSR count). The highest BCUT2D eigenvalue weighted by Gasteiger charge is 2.26. The van der Waals surface area contributed by atoms with Crippen LogP contribution in [-0.4, -0.2) is 9.49 Å². The fraction of sp³-hybridized carbons (Fsp3) is 0.400. The van der Waals surface area contributed by atoms with Crippen molar-refractivity contribution in [3.05, 3.63) is 71.8 Å². The van der Waals surface area contributed by atoms with Crippen LogP contribution in [0.25, 0.3) is 0 Å². The van der Waals surface area contributed by atoms with Crippen LogP contribution in [-0.2, 0) is 12.8 Å². The molecule has 0 radical (unpaired) electrons. The summed E-state index contributed by atoms with van der Waals surface area (Å²) >= 11 is 0. The van der Waals surface area contributed by atoms with Crippen molar-refractivity contribution in [2.45, 2.75) is 50.0 Å². The second-order valence-corrected chi connectivity index (χ2v) is 10.6. The zero-order valence-corrected chi connectivity index (χ0v) is 15.6. The summed E-state index contributed by atoms with van der Waals surface area (Å²) < 4.78 is 0.472. The van der Waals surface area contributed by atoms with E-state index in [9.17, 15) is 0 Å². The molecule has 0 aromatic heterocycles. The molecule has 118 valence electrons. The highest BCUT2D eigenvalue weighted by atomic mass is 33.1. The standard InChI is InChI=1S/C20H26S2/c1-19(2,15-17-11-7-5-8-12-17)21-22-20(3,4)16-18-13-9-6-10-14-18/h5-14H,15-16H2,1-4H3. The molecule has 0 fully saturated rings. The highest BCUT2D eigenvalue weighted by molar-refractivity contribution is 8.77. The van der Waals surface area contributed by atoms with Crippen LogP contribution in [0, 0.1) is 0 Å². The molecule has 22 heavy (non-hydrogen) atoms. The molecule has 0 aliphatic carbocycles. The lowest BCUT2D eigenvalue weighted by Crippen LogP contribution is -2.22. The quantitative estimate of drug-likeness (QED) is 0.538. The Morgan fingerprint density at radius 1 is 0.591 bits per heavy atom. The van der Waals surface area contributed by atoms with E-state index in [1.165, 1.54) is 11.1 Å². The molecule has 0 atom stereocenters. The molecule has 0 spiro atoms. The highest BCUT2D eigenvalue weighted by Crippen LogP contribution is 2.46. The monoisotopic (exact) mass is 330 g/mol. The second kappa shape index (κ2) is 7.61. The van der Waals surface area contributed by atoms with Crippen LogP contribution in [0.3, 0.4) is 0 Å². The molecule has 0 N–H and O–H groups in total. The van der Waals surface area contributed by atoms with E-state index in [1.807, 2.05) is 21.6 Å².